The van der Waals surface area contributed by atoms with E-state index in [1.54, 1.807) is 0 Å². The van der Waals surface area contributed by atoms with Gasteiger partial charge in [0.2, 0.25) is 6.26 Å². The molecule has 0 radical (unpaired) electrons. The van der Waals surface area contributed by atoms with E-state index in [-0.39, 0.29) is 37.7 Å². The molecule has 1 nitrogen and oxygen atoms in total. The second-order valence-electron chi connectivity index (χ2n) is 0.167. The minimum absolute atomic E-state index is 0. The van der Waals surface area contributed by atoms with E-state index >= 15 is 0 Å². The molecule has 0 spiro atoms. The van der Waals surface area contributed by atoms with Crippen molar-refractivity contribution in [3.63, 3.8) is 0 Å². The maximum absolute atomic E-state index is 8.85. The summed E-state index contributed by atoms with van der Waals surface area (Å²) < 4.78 is 8.85. The van der Waals surface area contributed by atoms with E-state index in [1.807, 2.05) is 0 Å². The van der Waals surface area contributed by atoms with Crippen molar-refractivity contribution < 1.29 is 41.9 Å². The Morgan fingerprint density at radius 1 is 1.75 bits per heavy atom. The Morgan fingerprint density at radius 2 is 1.75 bits per heavy atom. The molecule has 0 heterocycles. The van der Waals surface area contributed by atoms with Crippen molar-refractivity contribution in [2.75, 3.05) is 6.26 Å². The van der Waals surface area contributed by atoms with E-state index in [0.29, 0.717) is 11.7 Å². The molecule has 0 aliphatic carbocycles. The summed E-state index contributed by atoms with van der Waals surface area (Å²) in [4.78, 5) is 0. The third-order valence-corrected chi connectivity index (χ3v) is 0. The van der Waals surface area contributed by atoms with Gasteiger partial charge >= 0.3 is 11.7 Å². The fraction of sp³-hybridized carbons (Fsp3) is 1.00. The van der Waals surface area contributed by atoms with Gasteiger partial charge in [-0.05, 0) is 0 Å². The predicted octanol–water partition coefficient (Wildman–Crippen LogP) is 0.0443. The molecule has 0 aromatic rings. The summed E-state index contributed by atoms with van der Waals surface area (Å²) in [5.41, 5.74) is 0. The topological polar surface area (TPSA) is 17.1 Å². The van der Waals surface area contributed by atoms with E-state index in [2.05, 4.69) is 0 Å². The average molecular weight is 103 g/mol. The smallest absolute Gasteiger partial charge is 0 e. The summed E-state index contributed by atoms with van der Waals surface area (Å²) in [6.07, 6.45) is 1.49. The first-order valence-corrected chi connectivity index (χ1v) is 1.72. The summed E-state index contributed by atoms with van der Waals surface area (Å²) in [7, 11) is 0. The van der Waals surface area contributed by atoms with Crippen LogP contribution in [0.15, 0.2) is 0 Å². The van der Waals surface area contributed by atoms with Gasteiger partial charge < -0.3 is 0 Å². The summed E-state index contributed by atoms with van der Waals surface area (Å²) in [5.74, 6) is 0. The molecule has 0 aliphatic rings. The first-order valence-electron chi connectivity index (χ1n) is 0.575. The van der Waals surface area contributed by atoms with Gasteiger partial charge in [0.05, 0.1) is 0 Å². The van der Waals surface area contributed by atoms with Crippen molar-refractivity contribution in [3.8, 4) is 0 Å². The van der Waals surface area contributed by atoms with E-state index < -0.39 is 0 Å². The summed E-state index contributed by atoms with van der Waals surface area (Å²) >= 11 is 0.500. The number of hydrogen-bond acceptors (Lipinski definition) is 1. The first kappa shape index (κ1) is 8.99. The second kappa shape index (κ2) is 8.86. The molecule has 0 amide bonds. The van der Waals surface area contributed by atoms with Crippen LogP contribution in [0.2, 0.25) is 0 Å². The van der Waals surface area contributed by atoms with E-state index in [1.165, 1.54) is 6.26 Å². The molecule has 26 valence electrons. The molecule has 0 atom stereocenters. The molecule has 0 bridgehead atoms. The summed E-state index contributed by atoms with van der Waals surface area (Å²) in [5, 5.41) is 0. The Bertz CT molecular complexity index is 15.5. The monoisotopic (exact) mass is 103 g/mol. The third-order valence-electron chi connectivity index (χ3n) is 0. The summed E-state index contributed by atoms with van der Waals surface area (Å²) in [6.45, 7) is 0. The molecule has 0 saturated heterocycles. The number of hydrogen-bond donors (Lipinski definition) is 0. The van der Waals surface area contributed by atoms with Gasteiger partial charge in [-0.25, -0.2) is 0 Å². The van der Waals surface area contributed by atoms with Crippen LogP contribution in [-0.2, 0) is 15.9 Å². The van der Waals surface area contributed by atoms with Crippen LogP contribution in [0.3, 0.4) is 0 Å². The third kappa shape index (κ3) is 10.4. The van der Waals surface area contributed by atoms with Crippen LogP contribution in [0.4, 0.5) is 0 Å². The SMILES string of the molecule is C[S+]=O.[Ar]. The minimum Gasteiger partial charge on any atom is 0 e. The molecule has 0 rings (SSSR count). The van der Waals surface area contributed by atoms with Gasteiger partial charge in [0, 0.05) is 41.9 Å². The Morgan fingerprint density at radius 3 is 1.75 bits per heavy atom. The number of rotatable bonds is 0. The van der Waals surface area contributed by atoms with Crippen LogP contribution in [0.1, 0.15) is 0 Å². The second-order valence-corrected chi connectivity index (χ2v) is 0.500. The Hall–Kier alpha value is 1.28. The Balaban J connectivity index is 0. The van der Waals surface area contributed by atoms with Crippen molar-refractivity contribution >= 4 is 11.7 Å². The van der Waals surface area contributed by atoms with Gasteiger partial charge in [-0.2, -0.15) is 0 Å². The molecule has 0 unspecified atom stereocenters. The van der Waals surface area contributed by atoms with Crippen molar-refractivity contribution in [2.24, 2.45) is 0 Å². The molecule has 0 aromatic heterocycles. The first-order chi connectivity index (χ1) is 1.41. The van der Waals surface area contributed by atoms with E-state index in [9.17, 15) is 0 Å². The van der Waals surface area contributed by atoms with Crippen LogP contribution in [0, 0.1) is 37.7 Å². The molecule has 0 aromatic carbocycles. The van der Waals surface area contributed by atoms with Crippen LogP contribution in [-0.4, -0.2) is 6.26 Å². The van der Waals surface area contributed by atoms with Gasteiger partial charge in [0.25, 0.3) is 0 Å². The van der Waals surface area contributed by atoms with Crippen LogP contribution >= 0.6 is 0 Å². The maximum Gasteiger partial charge on any atom is 0.455 e. The van der Waals surface area contributed by atoms with Gasteiger partial charge in [0.1, 0.15) is 0 Å². The van der Waals surface area contributed by atoms with Crippen molar-refractivity contribution in [1.29, 1.82) is 0 Å². The van der Waals surface area contributed by atoms with Gasteiger partial charge in [0.15, 0.2) is 0 Å². The quantitative estimate of drug-likeness (QED) is 0.396. The van der Waals surface area contributed by atoms with E-state index in [4.69, 9.17) is 4.21 Å². The zero-order valence-corrected chi connectivity index (χ0v) is 3.69. The maximum atomic E-state index is 8.85. The largest absolute Gasteiger partial charge is 0.455 e. The zero-order chi connectivity index (χ0) is 2.71. The van der Waals surface area contributed by atoms with E-state index in [0.717, 1.165) is 0 Å². The fourth-order valence-electron chi connectivity index (χ4n) is 0. The Labute approximate surface area is 59.3 Å². The van der Waals surface area contributed by atoms with Crippen LogP contribution < -0.4 is 0 Å². The molecule has 0 N–H and O–H groups in total. The van der Waals surface area contributed by atoms with Crippen molar-refractivity contribution in [2.45, 2.75) is 0 Å². The predicted molar refractivity (Wildman–Crippen MR) is 14.0 cm³/mol. The Kier molecular flexibility index (Phi) is 19.9. The summed E-state index contributed by atoms with van der Waals surface area (Å²) in [6, 6.07) is 0. The molecule has 0 saturated carbocycles. The molecule has 0 fully saturated rings. The molecule has 4 heavy (non-hydrogen) atoms. The fourth-order valence-corrected chi connectivity index (χ4v) is 0. The average Bonchev–Trinajstić information content (AvgIpc) is 0.918. The normalized spacial score (nSPS) is 3.25. The molecule has 0 aliphatic heterocycles. The van der Waals surface area contributed by atoms with Crippen LogP contribution in [0.5, 0.6) is 0 Å². The van der Waals surface area contributed by atoms with Gasteiger partial charge in [-0.15, -0.1) is 0 Å². The van der Waals surface area contributed by atoms with Crippen LogP contribution in [0.25, 0.3) is 0 Å². The molecular formula is CH3ArOS+. The van der Waals surface area contributed by atoms with Gasteiger partial charge in [-0.1, -0.05) is 0 Å². The minimum atomic E-state index is 0. The zero-order valence-electron chi connectivity index (χ0n) is 2.17. The van der Waals surface area contributed by atoms with Crippen molar-refractivity contribution in [1.82, 2.24) is 0 Å². The molecule has 3 heteroatoms. The standard InChI is InChI=1S/CH3OS.Ar/c1-3-2;/h1H3;/q+1;. The van der Waals surface area contributed by atoms with Crippen molar-refractivity contribution in [3.05, 3.63) is 0 Å². The van der Waals surface area contributed by atoms with Gasteiger partial charge in [-0.3, -0.25) is 0 Å². The molecular weight excluding hydrogens is 100 g/mol.